The molecule has 1 saturated heterocycles. The summed E-state index contributed by atoms with van der Waals surface area (Å²) in [5.41, 5.74) is 0.742. The molecule has 1 unspecified atom stereocenters. The molecule has 1 amide bonds. The topological polar surface area (TPSA) is 105 Å². The monoisotopic (exact) mass is 332 g/mol. The second-order valence-corrected chi connectivity index (χ2v) is 5.82. The quantitative estimate of drug-likeness (QED) is 0.262. The summed E-state index contributed by atoms with van der Waals surface area (Å²) in [6, 6.07) is 5.37. The van der Waals surface area contributed by atoms with Crippen molar-refractivity contribution in [2.24, 2.45) is 0 Å². The molecule has 1 aliphatic heterocycles. The lowest BCUT2D eigenvalue weighted by Gasteiger charge is -2.24. The molecule has 0 aliphatic carbocycles. The van der Waals surface area contributed by atoms with Crippen LogP contribution in [-0.4, -0.2) is 48.7 Å². The maximum atomic E-state index is 12.2. The van der Waals surface area contributed by atoms with Crippen molar-refractivity contribution in [3.8, 4) is 0 Å². The van der Waals surface area contributed by atoms with Gasteiger partial charge in [-0.25, -0.2) is 0 Å². The van der Waals surface area contributed by atoms with Crippen molar-refractivity contribution in [1.29, 1.82) is 0 Å². The van der Waals surface area contributed by atoms with E-state index >= 15 is 0 Å². The average Bonchev–Trinajstić information content (AvgIpc) is 2.53. The molecule has 1 aliphatic rings. The maximum Gasteiger partial charge on any atom is 0.269 e. The van der Waals surface area contributed by atoms with E-state index in [0.717, 1.165) is 6.54 Å². The minimum atomic E-state index is -0.491. The van der Waals surface area contributed by atoms with Crippen molar-refractivity contribution in [2.45, 2.75) is 12.5 Å². The summed E-state index contributed by atoms with van der Waals surface area (Å²) in [6.45, 7) is 1.41. The standard InChI is InChI=1S/C16H20N4O4/c1-19(2)8-7-17-10-13-15(21)9-14(18-16(13)22)11-3-5-12(6-4-11)20(23)24/h3-6,10,14,17H,7-9H2,1-2H3,(H,18,22)/b13-10-. The Morgan fingerprint density at radius 3 is 2.54 bits per heavy atom. The number of nitro groups is 1. The van der Waals surface area contributed by atoms with E-state index in [-0.39, 0.29) is 23.5 Å². The fourth-order valence-electron chi connectivity index (χ4n) is 2.35. The van der Waals surface area contributed by atoms with Gasteiger partial charge < -0.3 is 15.5 Å². The molecular formula is C16H20N4O4. The predicted molar refractivity (Wildman–Crippen MR) is 88.2 cm³/mol. The Bertz CT molecular complexity index is 647. The molecule has 0 aromatic heterocycles. The van der Waals surface area contributed by atoms with Crippen LogP contribution in [0.5, 0.6) is 0 Å². The van der Waals surface area contributed by atoms with Crippen molar-refractivity contribution in [3.63, 3.8) is 0 Å². The molecule has 8 heteroatoms. The summed E-state index contributed by atoms with van der Waals surface area (Å²) in [5, 5.41) is 16.4. The first-order chi connectivity index (χ1) is 11.4. The van der Waals surface area contributed by atoms with E-state index in [2.05, 4.69) is 10.6 Å². The molecule has 1 fully saturated rings. The Morgan fingerprint density at radius 2 is 2.00 bits per heavy atom. The van der Waals surface area contributed by atoms with E-state index in [1.807, 2.05) is 19.0 Å². The van der Waals surface area contributed by atoms with Crippen LogP contribution in [0.4, 0.5) is 5.69 Å². The summed E-state index contributed by atoms with van der Waals surface area (Å²) in [6.07, 6.45) is 1.58. The first-order valence-electron chi connectivity index (χ1n) is 7.55. The highest BCUT2D eigenvalue weighted by Gasteiger charge is 2.30. The van der Waals surface area contributed by atoms with E-state index in [9.17, 15) is 19.7 Å². The third-order valence-electron chi connectivity index (χ3n) is 3.70. The fraction of sp³-hybridized carbons (Fsp3) is 0.375. The normalized spacial score (nSPS) is 19.5. The third kappa shape index (κ3) is 4.39. The van der Waals surface area contributed by atoms with Crippen LogP contribution in [0.2, 0.25) is 0 Å². The first-order valence-corrected chi connectivity index (χ1v) is 7.55. The number of carbonyl (C=O) groups excluding carboxylic acids is 2. The molecular weight excluding hydrogens is 312 g/mol. The molecule has 0 bridgehead atoms. The molecule has 128 valence electrons. The van der Waals surface area contributed by atoms with Crippen molar-refractivity contribution in [1.82, 2.24) is 15.5 Å². The Hall–Kier alpha value is -2.74. The van der Waals surface area contributed by atoms with E-state index in [1.54, 1.807) is 12.1 Å². The number of benzene rings is 1. The first kappa shape index (κ1) is 17.6. The Labute approximate surface area is 139 Å². The van der Waals surface area contributed by atoms with Crippen molar-refractivity contribution >= 4 is 17.4 Å². The number of ketones is 1. The molecule has 8 nitrogen and oxygen atoms in total. The summed E-state index contributed by atoms with van der Waals surface area (Å²) in [4.78, 5) is 36.5. The number of likely N-dealkylation sites (N-methyl/N-ethyl adjacent to an activating group) is 1. The van der Waals surface area contributed by atoms with E-state index in [0.29, 0.717) is 12.1 Å². The lowest BCUT2D eigenvalue weighted by atomic mass is 9.93. The van der Waals surface area contributed by atoms with Gasteiger partial charge in [-0.3, -0.25) is 19.7 Å². The molecule has 1 aromatic rings. The molecule has 2 rings (SSSR count). The summed E-state index contributed by atoms with van der Waals surface area (Å²) >= 11 is 0. The Balaban J connectivity index is 2.02. The minimum absolute atomic E-state index is 0.0297. The zero-order valence-corrected chi connectivity index (χ0v) is 13.6. The summed E-state index contributed by atoms with van der Waals surface area (Å²) < 4.78 is 0. The van der Waals surface area contributed by atoms with Crippen LogP contribution in [0.15, 0.2) is 36.0 Å². The van der Waals surface area contributed by atoms with E-state index in [1.165, 1.54) is 18.3 Å². The van der Waals surface area contributed by atoms with Gasteiger partial charge >= 0.3 is 0 Å². The smallest absolute Gasteiger partial charge is 0.269 e. The molecule has 1 heterocycles. The van der Waals surface area contributed by atoms with E-state index < -0.39 is 16.9 Å². The van der Waals surface area contributed by atoms with Crippen LogP contribution >= 0.6 is 0 Å². The number of Topliss-reactive ketones (excluding diaryl/α,β-unsaturated/α-hetero) is 1. The van der Waals surface area contributed by atoms with Gasteiger partial charge in [-0.2, -0.15) is 0 Å². The number of non-ortho nitro benzene ring substituents is 1. The van der Waals surface area contributed by atoms with Crippen LogP contribution in [0.25, 0.3) is 0 Å². The Morgan fingerprint density at radius 1 is 1.33 bits per heavy atom. The van der Waals surface area contributed by atoms with Gasteiger partial charge in [0, 0.05) is 37.8 Å². The third-order valence-corrected chi connectivity index (χ3v) is 3.70. The Kier molecular flexibility index (Phi) is 5.64. The van der Waals surface area contributed by atoms with Gasteiger partial charge in [0.2, 0.25) is 0 Å². The fourth-order valence-corrected chi connectivity index (χ4v) is 2.35. The number of nitrogens with one attached hydrogen (secondary N) is 2. The lowest BCUT2D eigenvalue weighted by molar-refractivity contribution is -0.384. The van der Waals surface area contributed by atoms with Crippen LogP contribution in [0, 0.1) is 10.1 Å². The average molecular weight is 332 g/mol. The number of piperidine rings is 1. The van der Waals surface area contributed by atoms with Crippen LogP contribution in [-0.2, 0) is 9.59 Å². The zero-order valence-electron chi connectivity index (χ0n) is 13.6. The predicted octanol–water partition coefficient (Wildman–Crippen LogP) is 0.760. The molecule has 1 aromatic carbocycles. The van der Waals surface area contributed by atoms with Gasteiger partial charge in [0.25, 0.3) is 11.6 Å². The molecule has 2 N–H and O–H groups in total. The van der Waals surface area contributed by atoms with Gasteiger partial charge in [-0.15, -0.1) is 0 Å². The molecule has 1 atom stereocenters. The molecule has 24 heavy (non-hydrogen) atoms. The highest BCUT2D eigenvalue weighted by atomic mass is 16.6. The van der Waals surface area contributed by atoms with Gasteiger partial charge in [-0.1, -0.05) is 12.1 Å². The van der Waals surface area contributed by atoms with Gasteiger partial charge in [-0.05, 0) is 19.7 Å². The van der Waals surface area contributed by atoms with Crippen molar-refractivity contribution in [3.05, 3.63) is 51.7 Å². The van der Waals surface area contributed by atoms with Gasteiger partial charge in [0.15, 0.2) is 5.78 Å². The molecule has 0 spiro atoms. The van der Waals surface area contributed by atoms with Gasteiger partial charge in [0.05, 0.1) is 16.5 Å². The largest absolute Gasteiger partial charge is 0.389 e. The second kappa shape index (κ2) is 7.69. The highest BCUT2D eigenvalue weighted by molar-refractivity contribution is 6.21. The number of hydrogen-bond acceptors (Lipinski definition) is 6. The molecule has 0 radical (unpaired) electrons. The number of nitrogens with zero attached hydrogens (tertiary/aromatic N) is 2. The highest BCUT2D eigenvalue weighted by Crippen LogP contribution is 2.25. The van der Waals surface area contributed by atoms with Crippen LogP contribution < -0.4 is 10.6 Å². The number of hydrogen-bond donors (Lipinski definition) is 2. The lowest BCUT2D eigenvalue weighted by Crippen LogP contribution is -2.40. The number of amides is 1. The summed E-state index contributed by atoms with van der Waals surface area (Å²) in [7, 11) is 3.87. The maximum absolute atomic E-state index is 12.2. The number of nitro benzene ring substituents is 1. The van der Waals surface area contributed by atoms with Gasteiger partial charge in [0.1, 0.15) is 0 Å². The summed E-state index contributed by atoms with van der Waals surface area (Å²) in [5.74, 6) is -0.689. The minimum Gasteiger partial charge on any atom is -0.389 e. The van der Waals surface area contributed by atoms with Crippen molar-refractivity contribution in [2.75, 3.05) is 27.2 Å². The SMILES string of the molecule is CN(C)CCN/C=C1/C(=O)CC(c2ccc([N+](=O)[O-])cc2)NC1=O. The van der Waals surface area contributed by atoms with Crippen LogP contribution in [0.1, 0.15) is 18.0 Å². The number of rotatable bonds is 6. The molecule has 0 saturated carbocycles. The van der Waals surface area contributed by atoms with Crippen LogP contribution in [0.3, 0.4) is 0 Å². The van der Waals surface area contributed by atoms with E-state index in [4.69, 9.17) is 0 Å². The van der Waals surface area contributed by atoms with Crippen molar-refractivity contribution < 1.29 is 14.5 Å². The second-order valence-electron chi connectivity index (χ2n) is 5.82. The zero-order chi connectivity index (χ0) is 17.7. The number of carbonyl (C=O) groups is 2.